The molecule has 0 aromatic heterocycles. The molecule has 0 fully saturated rings. The lowest BCUT2D eigenvalue weighted by Gasteiger charge is -2.18. The van der Waals surface area contributed by atoms with Crippen molar-refractivity contribution in [2.45, 2.75) is 25.3 Å². The predicted molar refractivity (Wildman–Crippen MR) is 108 cm³/mol. The third kappa shape index (κ3) is 5.32. The van der Waals surface area contributed by atoms with Crippen LogP contribution in [0.3, 0.4) is 0 Å². The van der Waals surface area contributed by atoms with Gasteiger partial charge in [-0.1, -0.05) is 23.8 Å². The van der Waals surface area contributed by atoms with Crippen molar-refractivity contribution < 1.29 is 19.2 Å². The lowest BCUT2D eigenvalue weighted by molar-refractivity contribution is -0.387. The number of esters is 1. The highest BCUT2D eigenvalue weighted by molar-refractivity contribution is 7.98. The Morgan fingerprint density at radius 2 is 1.89 bits per heavy atom. The summed E-state index contributed by atoms with van der Waals surface area (Å²) in [6.45, 7) is 3.95. The van der Waals surface area contributed by atoms with Crippen molar-refractivity contribution in [3.63, 3.8) is 0 Å². The first-order chi connectivity index (χ1) is 13.2. The molecule has 0 aliphatic carbocycles. The Morgan fingerprint density at radius 1 is 1.18 bits per heavy atom. The van der Waals surface area contributed by atoms with E-state index in [1.165, 1.54) is 28.8 Å². The van der Waals surface area contributed by atoms with Gasteiger partial charge in [-0.15, -0.1) is 11.8 Å². The molecule has 0 spiro atoms. The maximum atomic E-state index is 12.3. The number of hydrogen-bond acceptors (Lipinski definition) is 6. The van der Waals surface area contributed by atoms with Gasteiger partial charge >= 0.3 is 5.97 Å². The molecule has 0 aliphatic heterocycles. The number of benzene rings is 2. The summed E-state index contributed by atoms with van der Waals surface area (Å²) in [5.74, 6) is -1.13. The number of nitrogens with zero attached hydrogens (tertiary/aromatic N) is 2. The molecule has 2 aromatic rings. The number of ether oxygens (including phenoxy) is 1. The number of nitro groups is 1. The van der Waals surface area contributed by atoms with Gasteiger partial charge in [0.05, 0.1) is 15.4 Å². The number of likely N-dealkylation sites (N-methyl/N-ethyl adjacent to an activating group) is 1. The molecule has 0 N–H and O–H groups in total. The zero-order valence-corrected chi connectivity index (χ0v) is 17.0. The first-order valence-corrected chi connectivity index (χ1v) is 9.75. The summed E-state index contributed by atoms with van der Waals surface area (Å²) >= 11 is 1.21. The topological polar surface area (TPSA) is 89.8 Å². The van der Waals surface area contributed by atoms with Gasteiger partial charge in [0, 0.05) is 19.7 Å². The van der Waals surface area contributed by atoms with Gasteiger partial charge in [0.2, 0.25) is 0 Å². The molecule has 0 aliphatic rings. The summed E-state index contributed by atoms with van der Waals surface area (Å²) in [6.07, 6.45) is 1.71. The summed E-state index contributed by atoms with van der Waals surface area (Å²) < 4.78 is 5.05. The molecule has 148 valence electrons. The summed E-state index contributed by atoms with van der Waals surface area (Å²) in [5, 5.41) is 11.1. The molecule has 2 rings (SSSR count). The Balaban J connectivity index is 1.99. The Hall–Kier alpha value is -2.87. The van der Waals surface area contributed by atoms with Gasteiger partial charge in [-0.3, -0.25) is 14.9 Å². The molecule has 0 saturated carbocycles. The standard InChI is InChI=1S/C20H22N2O5S/c1-13-5-6-16(14(2)9-13)11-21(3)19(23)12-27-20(24)15-7-8-18(28-4)17(10-15)22(25)26/h5-10H,11-12H2,1-4H3. The highest BCUT2D eigenvalue weighted by Crippen LogP contribution is 2.28. The summed E-state index contributed by atoms with van der Waals surface area (Å²) in [7, 11) is 1.63. The van der Waals surface area contributed by atoms with Crippen LogP contribution >= 0.6 is 11.8 Å². The molecule has 0 radical (unpaired) electrons. The molecule has 0 bridgehead atoms. The summed E-state index contributed by atoms with van der Waals surface area (Å²) in [5.41, 5.74) is 3.11. The van der Waals surface area contributed by atoms with Crippen molar-refractivity contribution in [3.05, 3.63) is 68.8 Å². The number of thioether (sulfide) groups is 1. The number of aryl methyl sites for hydroxylation is 2. The van der Waals surface area contributed by atoms with Crippen LogP contribution in [0.2, 0.25) is 0 Å². The lowest BCUT2D eigenvalue weighted by atomic mass is 10.1. The van der Waals surface area contributed by atoms with E-state index < -0.39 is 17.5 Å². The monoisotopic (exact) mass is 402 g/mol. The first kappa shape index (κ1) is 21.4. The van der Waals surface area contributed by atoms with Crippen molar-refractivity contribution in [1.29, 1.82) is 0 Å². The maximum absolute atomic E-state index is 12.3. The zero-order chi connectivity index (χ0) is 20.8. The lowest BCUT2D eigenvalue weighted by Crippen LogP contribution is -2.31. The molecule has 28 heavy (non-hydrogen) atoms. The van der Waals surface area contributed by atoms with Crippen LogP contribution < -0.4 is 0 Å². The Morgan fingerprint density at radius 3 is 2.50 bits per heavy atom. The van der Waals surface area contributed by atoms with Crippen molar-refractivity contribution in [1.82, 2.24) is 4.90 Å². The second-order valence-electron chi connectivity index (χ2n) is 6.40. The zero-order valence-electron chi connectivity index (χ0n) is 16.2. The van der Waals surface area contributed by atoms with Gasteiger partial charge in [0.15, 0.2) is 6.61 Å². The van der Waals surface area contributed by atoms with Crippen molar-refractivity contribution in [3.8, 4) is 0 Å². The van der Waals surface area contributed by atoms with E-state index in [-0.39, 0.29) is 17.2 Å². The van der Waals surface area contributed by atoms with E-state index in [1.54, 1.807) is 13.3 Å². The largest absolute Gasteiger partial charge is 0.452 e. The number of rotatable bonds is 7. The van der Waals surface area contributed by atoms with E-state index in [2.05, 4.69) is 0 Å². The van der Waals surface area contributed by atoms with Gasteiger partial charge in [-0.2, -0.15) is 0 Å². The van der Waals surface area contributed by atoms with Crippen LogP contribution in [-0.4, -0.2) is 41.6 Å². The molecule has 0 saturated heterocycles. The Bertz CT molecular complexity index is 913. The van der Waals surface area contributed by atoms with E-state index in [0.717, 1.165) is 22.8 Å². The number of nitro benzene ring substituents is 1. The fourth-order valence-electron chi connectivity index (χ4n) is 2.65. The van der Waals surface area contributed by atoms with Crippen molar-refractivity contribution in [2.24, 2.45) is 0 Å². The third-order valence-corrected chi connectivity index (χ3v) is 5.05. The van der Waals surface area contributed by atoms with Crippen LogP contribution in [0.1, 0.15) is 27.0 Å². The van der Waals surface area contributed by atoms with E-state index in [4.69, 9.17) is 4.74 Å². The summed E-state index contributed by atoms with van der Waals surface area (Å²) in [4.78, 5) is 36.9. The Kier molecular flexibility index (Phi) is 7.17. The molecule has 8 heteroatoms. The second-order valence-corrected chi connectivity index (χ2v) is 7.25. The SMILES string of the molecule is CSc1ccc(C(=O)OCC(=O)N(C)Cc2ccc(C)cc2C)cc1[N+](=O)[O-]. The number of carbonyl (C=O) groups is 2. The molecule has 0 atom stereocenters. The minimum atomic E-state index is -0.774. The second kappa shape index (κ2) is 9.36. The van der Waals surface area contributed by atoms with Crippen LogP contribution in [0.25, 0.3) is 0 Å². The summed E-state index contributed by atoms with van der Waals surface area (Å²) in [6, 6.07) is 10.1. The average molecular weight is 402 g/mol. The normalized spacial score (nSPS) is 10.4. The predicted octanol–water partition coefficient (Wildman–Crippen LogP) is 3.75. The smallest absolute Gasteiger partial charge is 0.338 e. The minimum absolute atomic E-state index is 0.0364. The maximum Gasteiger partial charge on any atom is 0.338 e. The molecule has 1 amide bonds. The highest BCUT2D eigenvalue weighted by atomic mass is 32.2. The van der Waals surface area contributed by atoms with Crippen LogP contribution in [0.4, 0.5) is 5.69 Å². The fraction of sp³-hybridized carbons (Fsp3) is 0.300. The van der Waals surface area contributed by atoms with Crippen molar-refractivity contribution >= 4 is 29.3 Å². The van der Waals surface area contributed by atoms with Crippen LogP contribution in [0.5, 0.6) is 0 Å². The van der Waals surface area contributed by atoms with Crippen LogP contribution in [0.15, 0.2) is 41.3 Å². The molecule has 0 unspecified atom stereocenters. The van der Waals surface area contributed by atoms with E-state index in [1.807, 2.05) is 32.0 Å². The van der Waals surface area contributed by atoms with Gasteiger partial charge in [-0.05, 0) is 43.4 Å². The van der Waals surface area contributed by atoms with Crippen LogP contribution in [-0.2, 0) is 16.1 Å². The number of hydrogen-bond donors (Lipinski definition) is 0. The van der Waals surface area contributed by atoms with E-state index in [9.17, 15) is 19.7 Å². The quantitative estimate of drug-likeness (QED) is 0.303. The Labute approximate surface area is 167 Å². The third-order valence-electron chi connectivity index (χ3n) is 4.27. The minimum Gasteiger partial charge on any atom is -0.452 e. The van der Waals surface area contributed by atoms with Gasteiger partial charge < -0.3 is 9.64 Å². The molecule has 2 aromatic carbocycles. The highest BCUT2D eigenvalue weighted by Gasteiger charge is 2.19. The fourth-order valence-corrected chi connectivity index (χ4v) is 3.19. The molecule has 7 nitrogen and oxygen atoms in total. The first-order valence-electron chi connectivity index (χ1n) is 8.52. The molecule has 0 heterocycles. The number of amides is 1. The number of carbonyl (C=O) groups excluding carboxylic acids is 2. The molecular formula is C20H22N2O5S. The van der Waals surface area contributed by atoms with Crippen molar-refractivity contribution in [2.75, 3.05) is 19.9 Å². The van der Waals surface area contributed by atoms with Gasteiger partial charge in [0.25, 0.3) is 11.6 Å². The average Bonchev–Trinajstić information content (AvgIpc) is 2.67. The van der Waals surface area contributed by atoms with E-state index in [0.29, 0.717) is 11.4 Å². The molecular weight excluding hydrogens is 380 g/mol. The van der Waals surface area contributed by atoms with E-state index >= 15 is 0 Å². The van der Waals surface area contributed by atoms with Crippen LogP contribution in [0, 0.1) is 24.0 Å². The van der Waals surface area contributed by atoms with Gasteiger partial charge in [-0.25, -0.2) is 4.79 Å². The van der Waals surface area contributed by atoms with Gasteiger partial charge in [0.1, 0.15) is 0 Å².